The van der Waals surface area contributed by atoms with Crippen molar-refractivity contribution >= 4 is 11.7 Å². The lowest BCUT2D eigenvalue weighted by atomic mass is 9.97. The van der Waals surface area contributed by atoms with Gasteiger partial charge in [-0.05, 0) is 12.5 Å². The van der Waals surface area contributed by atoms with Crippen LogP contribution in [0.15, 0.2) is 60.7 Å². The van der Waals surface area contributed by atoms with E-state index in [-0.39, 0.29) is 23.7 Å². The standard InChI is InChI=1S/C19H19NO2/c1-14(15-8-4-2-5-9-15)20-13-17(12-18(20)21)19(22)16-10-6-3-7-11-16/h2-11,14,17H,12-13H2,1H3/t14-,17?/m1/s1. The van der Waals surface area contributed by atoms with Gasteiger partial charge in [0.1, 0.15) is 0 Å². The molecule has 3 rings (SSSR count). The van der Waals surface area contributed by atoms with E-state index >= 15 is 0 Å². The van der Waals surface area contributed by atoms with Gasteiger partial charge in [0.05, 0.1) is 6.04 Å². The molecule has 1 unspecified atom stereocenters. The molecule has 1 amide bonds. The molecule has 1 aliphatic heterocycles. The Morgan fingerprint density at radius 2 is 1.64 bits per heavy atom. The largest absolute Gasteiger partial charge is 0.335 e. The first-order chi connectivity index (χ1) is 10.7. The van der Waals surface area contributed by atoms with Crippen LogP contribution in [0.4, 0.5) is 0 Å². The summed E-state index contributed by atoms with van der Waals surface area (Å²) in [4.78, 5) is 26.6. The third-order valence-corrected chi connectivity index (χ3v) is 4.34. The minimum absolute atomic E-state index is 0.00210. The summed E-state index contributed by atoms with van der Waals surface area (Å²) in [6.45, 7) is 2.52. The van der Waals surface area contributed by atoms with Gasteiger partial charge in [0, 0.05) is 24.4 Å². The zero-order valence-corrected chi connectivity index (χ0v) is 12.6. The van der Waals surface area contributed by atoms with E-state index in [1.807, 2.05) is 72.5 Å². The van der Waals surface area contributed by atoms with Gasteiger partial charge in [-0.15, -0.1) is 0 Å². The Labute approximate surface area is 130 Å². The van der Waals surface area contributed by atoms with Crippen molar-refractivity contribution in [2.45, 2.75) is 19.4 Å². The molecule has 0 saturated carbocycles. The van der Waals surface area contributed by atoms with Crippen LogP contribution in [0.25, 0.3) is 0 Å². The molecule has 0 spiro atoms. The summed E-state index contributed by atoms with van der Waals surface area (Å²) in [5.41, 5.74) is 1.79. The molecule has 1 fully saturated rings. The highest BCUT2D eigenvalue weighted by atomic mass is 16.2. The van der Waals surface area contributed by atoms with Gasteiger partial charge in [0.15, 0.2) is 5.78 Å². The molecular formula is C19H19NO2. The van der Waals surface area contributed by atoms with E-state index in [2.05, 4.69) is 0 Å². The highest BCUT2D eigenvalue weighted by molar-refractivity contribution is 6.01. The zero-order chi connectivity index (χ0) is 15.5. The zero-order valence-electron chi connectivity index (χ0n) is 12.6. The quantitative estimate of drug-likeness (QED) is 0.809. The summed E-state index contributed by atoms with van der Waals surface area (Å²) in [6, 6.07) is 19.2. The van der Waals surface area contributed by atoms with Crippen molar-refractivity contribution in [3.63, 3.8) is 0 Å². The Bertz CT molecular complexity index is 666. The molecule has 3 heteroatoms. The van der Waals surface area contributed by atoms with Crippen molar-refractivity contribution < 1.29 is 9.59 Å². The molecule has 0 radical (unpaired) electrons. The summed E-state index contributed by atoms with van der Waals surface area (Å²) in [5, 5.41) is 0. The van der Waals surface area contributed by atoms with E-state index in [0.717, 1.165) is 5.56 Å². The Morgan fingerprint density at radius 1 is 1.05 bits per heavy atom. The second-order valence-corrected chi connectivity index (χ2v) is 5.76. The summed E-state index contributed by atoms with van der Waals surface area (Å²) in [6.07, 6.45) is 0.310. The topological polar surface area (TPSA) is 37.4 Å². The number of likely N-dealkylation sites (tertiary alicyclic amines) is 1. The van der Waals surface area contributed by atoms with Crippen molar-refractivity contribution in [2.75, 3.05) is 6.54 Å². The van der Waals surface area contributed by atoms with Gasteiger partial charge in [0.2, 0.25) is 5.91 Å². The van der Waals surface area contributed by atoms with Crippen molar-refractivity contribution in [1.29, 1.82) is 0 Å². The predicted octanol–water partition coefficient (Wildman–Crippen LogP) is 3.48. The fourth-order valence-electron chi connectivity index (χ4n) is 3.03. The van der Waals surface area contributed by atoms with Gasteiger partial charge in [-0.25, -0.2) is 0 Å². The average Bonchev–Trinajstić information content (AvgIpc) is 2.97. The fraction of sp³-hybridized carbons (Fsp3) is 0.263. The number of nitrogens with zero attached hydrogens (tertiary/aromatic N) is 1. The van der Waals surface area contributed by atoms with Crippen molar-refractivity contribution in [2.24, 2.45) is 5.92 Å². The van der Waals surface area contributed by atoms with Crippen LogP contribution in [-0.2, 0) is 4.79 Å². The predicted molar refractivity (Wildman–Crippen MR) is 85.4 cm³/mol. The van der Waals surface area contributed by atoms with Crippen molar-refractivity contribution in [1.82, 2.24) is 4.90 Å². The first-order valence-corrected chi connectivity index (χ1v) is 7.60. The minimum Gasteiger partial charge on any atom is -0.335 e. The number of ketones is 1. The lowest BCUT2D eigenvalue weighted by Crippen LogP contribution is -2.29. The van der Waals surface area contributed by atoms with Gasteiger partial charge in [-0.2, -0.15) is 0 Å². The van der Waals surface area contributed by atoms with E-state index in [4.69, 9.17) is 0 Å². The summed E-state index contributed by atoms with van der Waals surface area (Å²) in [5.74, 6) is -0.108. The number of carbonyl (C=O) groups excluding carboxylic acids is 2. The van der Waals surface area contributed by atoms with E-state index in [1.165, 1.54) is 0 Å². The van der Waals surface area contributed by atoms with Crippen molar-refractivity contribution in [3.05, 3.63) is 71.8 Å². The van der Waals surface area contributed by atoms with Crippen LogP contribution in [0.1, 0.15) is 35.3 Å². The molecule has 2 atom stereocenters. The van der Waals surface area contributed by atoms with E-state index in [1.54, 1.807) is 0 Å². The molecule has 2 aromatic rings. The second-order valence-electron chi connectivity index (χ2n) is 5.76. The lowest BCUT2D eigenvalue weighted by molar-refractivity contribution is -0.129. The van der Waals surface area contributed by atoms with Gasteiger partial charge < -0.3 is 4.90 Å². The number of carbonyl (C=O) groups is 2. The molecule has 0 aliphatic carbocycles. The van der Waals surface area contributed by atoms with Crippen LogP contribution in [0.2, 0.25) is 0 Å². The number of rotatable bonds is 4. The van der Waals surface area contributed by atoms with E-state index in [0.29, 0.717) is 18.5 Å². The Hall–Kier alpha value is -2.42. The van der Waals surface area contributed by atoms with Gasteiger partial charge in [-0.3, -0.25) is 9.59 Å². The average molecular weight is 293 g/mol. The molecule has 0 bridgehead atoms. The summed E-state index contributed by atoms with van der Waals surface area (Å²) in [7, 11) is 0. The van der Waals surface area contributed by atoms with E-state index in [9.17, 15) is 9.59 Å². The number of hydrogen-bond acceptors (Lipinski definition) is 2. The van der Waals surface area contributed by atoms with Gasteiger partial charge in [-0.1, -0.05) is 60.7 Å². The Morgan fingerprint density at radius 3 is 2.27 bits per heavy atom. The minimum atomic E-state index is -0.235. The summed E-state index contributed by atoms with van der Waals surface area (Å²) < 4.78 is 0. The van der Waals surface area contributed by atoms with Crippen LogP contribution < -0.4 is 0 Å². The number of hydrogen-bond donors (Lipinski definition) is 0. The molecule has 1 saturated heterocycles. The number of benzene rings is 2. The van der Waals surface area contributed by atoms with Gasteiger partial charge in [0.25, 0.3) is 0 Å². The third kappa shape index (κ3) is 2.80. The SMILES string of the molecule is C[C@H](c1ccccc1)N1CC(C(=O)c2ccccc2)CC1=O. The molecule has 0 aromatic heterocycles. The summed E-state index contributed by atoms with van der Waals surface area (Å²) >= 11 is 0. The van der Waals surface area contributed by atoms with Crippen molar-refractivity contribution in [3.8, 4) is 0 Å². The lowest BCUT2D eigenvalue weighted by Gasteiger charge is -2.25. The maximum absolute atomic E-state index is 12.5. The second kappa shape index (κ2) is 6.14. The first-order valence-electron chi connectivity index (χ1n) is 7.60. The van der Waals surface area contributed by atoms with E-state index < -0.39 is 0 Å². The highest BCUT2D eigenvalue weighted by Crippen LogP contribution is 2.30. The van der Waals surface area contributed by atoms with Crippen LogP contribution in [0.5, 0.6) is 0 Å². The molecule has 112 valence electrons. The maximum Gasteiger partial charge on any atom is 0.223 e. The van der Waals surface area contributed by atoms with Crippen LogP contribution in [0.3, 0.4) is 0 Å². The van der Waals surface area contributed by atoms with Crippen LogP contribution in [0, 0.1) is 5.92 Å². The molecule has 2 aromatic carbocycles. The third-order valence-electron chi connectivity index (χ3n) is 4.34. The number of amides is 1. The van der Waals surface area contributed by atoms with Crippen LogP contribution in [-0.4, -0.2) is 23.1 Å². The first kappa shape index (κ1) is 14.5. The normalized spacial score (nSPS) is 19.2. The Balaban J connectivity index is 1.75. The fourth-order valence-corrected chi connectivity index (χ4v) is 3.03. The molecule has 0 N–H and O–H groups in total. The highest BCUT2D eigenvalue weighted by Gasteiger charge is 2.37. The van der Waals surface area contributed by atoms with Crippen LogP contribution >= 0.6 is 0 Å². The monoisotopic (exact) mass is 293 g/mol. The maximum atomic E-state index is 12.5. The number of Topliss-reactive ketones (excluding diaryl/α,β-unsaturated/α-hetero) is 1. The van der Waals surface area contributed by atoms with Gasteiger partial charge >= 0.3 is 0 Å². The smallest absolute Gasteiger partial charge is 0.223 e. The Kier molecular flexibility index (Phi) is 4.05. The molecule has 22 heavy (non-hydrogen) atoms. The molecule has 1 aliphatic rings. The molecule has 3 nitrogen and oxygen atoms in total. The molecule has 1 heterocycles. The molecular weight excluding hydrogens is 274 g/mol.